The maximum absolute atomic E-state index is 2.20. The van der Waals surface area contributed by atoms with Crippen LogP contribution in [-0.4, -0.2) is 22.5 Å². The van der Waals surface area contributed by atoms with Crippen LogP contribution in [0, 0.1) is 0 Å². The summed E-state index contributed by atoms with van der Waals surface area (Å²) < 4.78 is 1.41. The zero-order valence-corrected chi connectivity index (χ0v) is 11.7. The standard InChI is InChI=1S/C3H7.3BrH.Sn/c1-3-2;;;;/h1,3H2,2H3;3*1H;/q;;;;+3/p-3. The van der Waals surface area contributed by atoms with E-state index >= 15 is 0 Å². The molecule has 0 saturated carbocycles. The van der Waals surface area contributed by atoms with Crippen molar-refractivity contribution in [2.45, 2.75) is 17.8 Å². The van der Waals surface area contributed by atoms with Crippen molar-refractivity contribution >= 4 is 22.5 Å². The first-order valence-corrected chi connectivity index (χ1v) is 3.58. The van der Waals surface area contributed by atoms with Gasteiger partial charge in [0.05, 0.1) is 0 Å². The average molecular weight is 402 g/mol. The molecule has 0 atom stereocenters. The smallest absolute Gasteiger partial charge is 1.00 e. The molecule has 0 unspecified atom stereocenters. The van der Waals surface area contributed by atoms with E-state index in [4.69, 9.17) is 0 Å². The maximum atomic E-state index is 2.20. The van der Waals surface area contributed by atoms with E-state index in [1.54, 1.807) is 22.5 Å². The van der Waals surface area contributed by atoms with Gasteiger partial charge in [-0.3, -0.25) is 0 Å². The first kappa shape index (κ1) is 22.8. The quantitative estimate of drug-likeness (QED) is 0.383. The van der Waals surface area contributed by atoms with Gasteiger partial charge in [0.2, 0.25) is 0 Å². The maximum Gasteiger partial charge on any atom is -1.00 e. The molecule has 0 N–H and O–H groups in total. The Bertz CT molecular complexity index is 12.1. The van der Waals surface area contributed by atoms with E-state index in [-0.39, 0.29) is 50.9 Å². The van der Waals surface area contributed by atoms with Gasteiger partial charge in [-0.25, -0.2) is 0 Å². The minimum Gasteiger partial charge on any atom is -1.00 e. The second kappa shape index (κ2) is 24.0. The third-order valence-corrected chi connectivity index (χ3v) is 1.68. The third kappa shape index (κ3) is 30.6. The molecule has 0 saturated heterocycles. The first-order valence-electron chi connectivity index (χ1n) is 1.56. The summed E-state index contributed by atoms with van der Waals surface area (Å²) in [5.74, 6) is 0. The molecule has 0 aliphatic heterocycles. The van der Waals surface area contributed by atoms with Crippen LogP contribution >= 0.6 is 0 Å². The Hall–Kier alpha value is 2.24. The second-order valence-electron chi connectivity index (χ2n) is 0.750. The minimum absolute atomic E-state index is 0. The normalized spacial score (nSPS) is 4.43. The number of halogens is 3. The van der Waals surface area contributed by atoms with Crippen LogP contribution in [0.3, 0.4) is 0 Å². The van der Waals surface area contributed by atoms with Crippen LogP contribution in [0.15, 0.2) is 0 Å². The van der Waals surface area contributed by atoms with E-state index in [0.29, 0.717) is 0 Å². The van der Waals surface area contributed by atoms with Gasteiger partial charge in [-0.1, -0.05) is 0 Å². The van der Waals surface area contributed by atoms with Crippen LogP contribution in [0.5, 0.6) is 0 Å². The Labute approximate surface area is 90.2 Å². The fraction of sp³-hybridized carbons (Fsp3) is 1.00. The van der Waals surface area contributed by atoms with Crippen molar-refractivity contribution in [3.8, 4) is 0 Å². The minimum atomic E-state index is 0. The van der Waals surface area contributed by atoms with Crippen LogP contribution in [0.1, 0.15) is 13.3 Å². The summed E-state index contributed by atoms with van der Waals surface area (Å²) in [7, 11) is 0. The largest absolute Gasteiger partial charge is 1.00 e. The molecule has 0 aliphatic carbocycles. The van der Waals surface area contributed by atoms with E-state index in [2.05, 4.69) is 6.92 Å². The molecule has 0 aliphatic rings. The van der Waals surface area contributed by atoms with Crippen LogP contribution in [-0.2, 0) is 0 Å². The molecule has 4 heteroatoms. The monoisotopic (exact) mass is 400 g/mol. The molecule has 0 aromatic rings. The Balaban J connectivity index is -0.0000000150. The van der Waals surface area contributed by atoms with Crippen LogP contribution in [0.4, 0.5) is 0 Å². The van der Waals surface area contributed by atoms with Crippen molar-refractivity contribution in [2.75, 3.05) is 0 Å². The van der Waals surface area contributed by atoms with Crippen molar-refractivity contribution in [2.24, 2.45) is 0 Å². The predicted octanol–water partition coefficient (Wildman–Crippen LogP) is -8.00. The van der Waals surface area contributed by atoms with Gasteiger partial charge in [-0.05, 0) is 0 Å². The summed E-state index contributed by atoms with van der Waals surface area (Å²) in [6, 6.07) is 0. The first-order chi connectivity index (χ1) is 1.91. The third-order valence-electron chi connectivity index (χ3n) is 0.250. The van der Waals surface area contributed by atoms with Crippen molar-refractivity contribution < 1.29 is 50.9 Å². The molecule has 0 aromatic heterocycles. The van der Waals surface area contributed by atoms with Gasteiger partial charge in [0.1, 0.15) is 0 Å². The van der Waals surface area contributed by atoms with Gasteiger partial charge in [0.15, 0.2) is 0 Å². The van der Waals surface area contributed by atoms with Crippen LogP contribution in [0.25, 0.3) is 0 Å². The number of hydrogen-bond donors (Lipinski definition) is 0. The van der Waals surface area contributed by atoms with Gasteiger partial charge >= 0.3 is 40.3 Å². The summed E-state index contributed by atoms with van der Waals surface area (Å²) in [6.07, 6.45) is 1.36. The van der Waals surface area contributed by atoms with Gasteiger partial charge in [0.25, 0.3) is 0 Å². The summed E-state index contributed by atoms with van der Waals surface area (Å²) >= 11 is 1.67. The summed E-state index contributed by atoms with van der Waals surface area (Å²) in [5, 5.41) is 0. The SMILES string of the molecule is CC[CH2][Sn+3].[Br-].[Br-].[Br-]. The van der Waals surface area contributed by atoms with E-state index in [1.165, 1.54) is 10.9 Å². The Morgan fingerprint density at radius 2 is 1.29 bits per heavy atom. The van der Waals surface area contributed by atoms with E-state index < -0.39 is 0 Å². The second-order valence-corrected chi connectivity index (χ2v) is 2.18. The van der Waals surface area contributed by atoms with Gasteiger partial charge in [-0.2, -0.15) is 0 Å². The fourth-order valence-electron chi connectivity index (χ4n) is 0. The van der Waals surface area contributed by atoms with E-state index in [0.717, 1.165) is 0 Å². The van der Waals surface area contributed by atoms with Gasteiger partial charge < -0.3 is 50.9 Å². The molecular formula is C3H7Br3Sn. The molecule has 0 fully saturated rings. The van der Waals surface area contributed by atoms with Crippen molar-refractivity contribution in [3.63, 3.8) is 0 Å². The molecule has 0 spiro atoms. The molecular weight excluding hydrogens is 394 g/mol. The van der Waals surface area contributed by atoms with Crippen molar-refractivity contribution in [1.82, 2.24) is 0 Å². The van der Waals surface area contributed by atoms with Crippen LogP contribution < -0.4 is 50.9 Å². The number of rotatable bonds is 1. The fourth-order valence-corrected chi connectivity index (χ4v) is 0. The average Bonchev–Trinajstić information content (AvgIpc) is 1.37. The molecule has 0 rings (SSSR count). The van der Waals surface area contributed by atoms with Crippen molar-refractivity contribution in [3.05, 3.63) is 0 Å². The number of hydrogen-bond acceptors (Lipinski definition) is 0. The Morgan fingerprint density at radius 1 is 1.14 bits per heavy atom. The molecule has 0 aromatic carbocycles. The molecule has 0 nitrogen and oxygen atoms in total. The predicted molar refractivity (Wildman–Crippen MR) is 20.9 cm³/mol. The zero-order chi connectivity index (χ0) is 3.41. The molecule has 0 radical (unpaired) electrons. The molecule has 7 heavy (non-hydrogen) atoms. The molecule has 0 heterocycles. The topological polar surface area (TPSA) is 0 Å². The summed E-state index contributed by atoms with van der Waals surface area (Å²) in [5.41, 5.74) is 0. The Morgan fingerprint density at radius 3 is 1.29 bits per heavy atom. The molecule has 0 bridgehead atoms. The van der Waals surface area contributed by atoms with Crippen LogP contribution in [0.2, 0.25) is 4.44 Å². The zero-order valence-electron chi connectivity index (χ0n) is 4.05. The van der Waals surface area contributed by atoms with Gasteiger partial charge in [0, 0.05) is 0 Å². The molecule has 0 amide bonds. The molecule has 44 valence electrons. The Kier molecular flexibility index (Phi) is 78.4. The van der Waals surface area contributed by atoms with E-state index in [9.17, 15) is 0 Å². The van der Waals surface area contributed by atoms with Crippen molar-refractivity contribution in [1.29, 1.82) is 0 Å². The van der Waals surface area contributed by atoms with E-state index in [1.807, 2.05) is 0 Å². The summed E-state index contributed by atoms with van der Waals surface area (Å²) in [6.45, 7) is 2.20. The summed E-state index contributed by atoms with van der Waals surface area (Å²) in [4.78, 5) is 0. The van der Waals surface area contributed by atoms with Gasteiger partial charge in [-0.15, -0.1) is 0 Å².